The molecular weight excluding hydrogens is 260 g/mol. The number of benzene rings is 1. The Morgan fingerprint density at radius 1 is 1.10 bits per heavy atom. The fourth-order valence-electron chi connectivity index (χ4n) is 3.95. The minimum Gasteiger partial charge on any atom is -0.364 e. The average molecular weight is 292 g/mol. The maximum Gasteiger partial charge on any atom is 0.178 e. The van der Waals surface area contributed by atoms with Gasteiger partial charge in [0.05, 0.1) is 0 Å². The molecule has 0 radical (unpaired) electrons. The van der Waals surface area contributed by atoms with Gasteiger partial charge in [0.2, 0.25) is 0 Å². The molecule has 21 heavy (non-hydrogen) atoms. The molecule has 0 saturated carbocycles. The molecule has 2 rings (SSSR count). The molecule has 2 N–H and O–H groups in total. The summed E-state index contributed by atoms with van der Waals surface area (Å²) in [6, 6.07) is 3.94. The van der Waals surface area contributed by atoms with Crippen molar-refractivity contribution in [2.24, 2.45) is 11.3 Å². The molecular formula is C19H32O2. The van der Waals surface area contributed by atoms with E-state index in [-0.39, 0.29) is 10.8 Å². The molecule has 0 spiro atoms. The maximum atomic E-state index is 9.50. The Morgan fingerprint density at radius 2 is 1.62 bits per heavy atom. The van der Waals surface area contributed by atoms with Gasteiger partial charge in [-0.2, -0.15) is 0 Å². The van der Waals surface area contributed by atoms with E-state index in [4.69, 9.17) is 0 Å². The molecule has 0 heterocycles. The summed E-state index contributed by atoms with van der Waals surface area (Å²) in [6.45, 7) is 17.5. The van der Waals surface area contributed by atoms with Crippen LogP contribution < -0.4 is 0 Å². The monoisotopic (exact) mass is 292 g/mol. The van der Waals surface area contributed by atoms with E-state index in [1.165, 1.54) is 11.1 Å². The molecule has 1 aromatic rings. The normalized spacial score (nSPS) is 22.3. The molecule has 0 aliphatic heterocycles. The van der Waals surface area contributed by atoms with Crippen molar-refractivity contribution in [1.29, 1.82) is 0 Å². The molecule has 1 aromatic carbocycles. The van der Waals surface area contributed by atoms with Gasteiger partial charge in [-0.1, -0.05) is 60.6 Å². The molecule has 0 amide bonds. The number of hydrogen-bond acceptors (Lipinski definition) is 2. The lowest BCUT2D eigenvalue weighted by Gasteiger charge is -2.49. The zero-order valence-corrected chi connectivity index (χ0v) is 14.9. The van der Waals surface area contributed by atoms with Crippen LogP contribution in [0.5, 0.6) is 0 Å². The Bertz CT molecular complexity index is 499. The predicted molar refractivity (Wildman–Crippen MR) is 89.4 cm³/mol. The van der Waals surface area contributed by atoms with Crippen LogP contribution in [-0.2, 0) is 11.8 Å². The third-order valence-corrected chi connectivity index (χ3v) is 5.42. The summed E-state index contributed by atoms with van der Waals surface area (Å²) in [5.41, 5.74) is 4.66. The first-order chi connectivity index (χ1) is 9.59. The van der Waals surface area contributed by atoms with Gasteiger partial charge in [0.15, 0.2) is 6.29 Å². The first-order valence-corrected chi connectivity index (χ1v) is 8.08. The molecule has 2 heteroatoms. The second-order valence-electron chi connectivity index (χ2n) is 7.30. The highest BCUT2D eigenvalue weighted by atomic mass is 16.5. The van der Waals surface area contributed by atoms with E-state index >= 15 is 0 Å². The summed E-state index contributed by atoms with van der Waals surface area (Å²) in [5, 5.41) is 19.0. The van der Waals surface area contributed by atoms with Gasteiger partial charge in [0, 0.05) is 5.56 Å². The third kappa shape index (κ3) is 3.02. The lowest BCUT2D eigenvalue weighted by Crippen LogP contribution is -2.44. The molecule has 2 nitrogen and oxygen atoms in total. The zero-order chi connectivity index (χ0) is 16.6. The highest BCUT2D eigenvalue weighted by Crippen LogP contribution is 2.51. The van der Waals surface area contributed by atoms with Gasteiger partial charge >= 0.3 is 0 Å². The number of rotatable bonds is 1. The largest absolute Gasteiger partial charge is 0.364 e. The highest BCUT2D eigenvalue weighted by molar-refractivity contribution is 5.48. The van der Waals surface area contributed by atoms with Gasteiger partial charge in [-0.25, -0.2) is 0 Å². The second-order valence-corrected chi connectivity index (χ2v) is 7.30. The Morgan fingerprint density at radius 3 is 2.10 bits per heavy atom. The summed E-state index contributed by atoms with van der Waals surface area (Å²) in [6.07, 6.45) is -0.332. The van der Waals surface area contributed by atoms with Crippen LogP contribution in [0.2, 0.25) is 0 Å². The number of aliphatic hydroxyl groups is 2. The van der Waals surface area contributed by atoms with Crippen LogP contribution in [0.15, 0.2) is 12.1 Å². The number of aliphatic hydroxyl groups excluding tert-OH is 1. The SMILES string of the molecule is CC.Cc1c(C(O)O)ccc2c1C(C)(C)C(C)C(C)(C)C2. The van der Waals surface area contributed by atoms with Crippen LogP contribution in [-0.4, -0.2) is 10.2 Å². The van der Waals surface area contributed by atoms with Crippen LogP contribution in [0.1, 0.15) is 77.0 Å². The standard InChI is InChI=1S/C17H26O2.C2H6/c1-10-13(15(18)19)8-7-12-9-16(3,4)11(2)17(5,6)14(10)12;1-2/h7-8,11,15,18-19H,9H2,1-6H3;1-2H3. The van der Waals surface area contributed by atoms with Crippen LogP contribution in [0.3, 0.4) is 0 Å². The fraction of sp³-hybridized carbons (Fsp3) is 0.684. The molecule has 120 valence electrons. The van der Waals surface area contributed by atoms with E-state index in [1.54, 1.807) is 0 Å². The summed E-state index contributed by atoms with van der Waals surface area (Å²) in [5.74, 6) is 0.539. The smallest absolute Gasteiger partial charge is 0.178 e. The molecule has 0 aromatic heterocycles. The quantitative estimate of drug-likeness (QED) is 0.748. The van der Waals surface area contributed by atoms with Crippen molar-refractivity contribution in [2.75, 3.05) is 0 Å². The van der Waals surface area contributed by atoms with Gasteiger partial charge in [-0.3, -0.25) is 0 Å². The minimum atomic E-state index is -1.38. The first kappa shape index (κ1) is 18.2. The molecule has 1 aliphatic carbocycles. The van der Waals surface area contributed by atoms with Crippen molar-refractivity contribution in [3.63, 3.8) is 0 Å². The van der Waals surface area contributed by atoms with Crippen molar-refractivity contribution in [2.45, 2.75) is 73.5 Å². The van der Waals surface area contributed by atoms with Crippen molar-refractivity contribution in [1.82, 2.24) is 0 Å². The van der Waals surface area contributed by atoms with E-state index < -0.39 is 6.29 Å². The third-order valence-electron chi connectivity index (χ3n) is 5.42. The second kappa shape index (κ2) is 6.10. The van der Waals surface area contributed by atoms with Gasteiger partial charge in [0.1, 0.15) is 0 Å². The van der Waals surface area contributed by atoms with Crippen molar-refractivity contribution < 1.29 is 10.2 Å². The van der Waals surface area contributed by atoms with Crippen molar-refractivity contribution in [3.05, 3.63) is 34.4 Å². The molecule has 1 aliphatic rings. The van der Waals surface area contributed by atoms with E-state index in [1.807, 2.05) is 26.8 Å². The Hall–Kier alpha value is -0.860. The van der Waals surface area contributed by atoms with E-state index in [2.05, 4.69) is 40.7 Å². The lowest BCUT2D eigenvalue weighted by molar-refractivity contribution is -0.0431. The van der Waals surface area contributed by atoms with Crippen LogP contribution in [0.25, 0.3) is 0 Å². The van der Waals surface area contributed by atoms with E-state index in [0.717, 1.165) is 12.0 Å². The Balaban J connectivity index is 0.00000106. The van der Waals surface area contributed by atoms with Gasteiger partial charge < -0.3 is 10.2 Å². The van der Waals surface area contributed by atoms with Crippen LogP contribution in [0.4, 0.5) is 0 Å². The van der Waals surface area contributed by atoms with Crippen LogP contribution >= 0.6 is 0 Å². The Labute approximate surface area is 130 Å². The summed E-state index contributed by atoms with van der Waals surface area (Å²) >= 11 is 0. The Kier molecular flexibility index (Phi) is 5.28. The fourth-order valence-corrected chi connectivity index (χ4v) is 3.95. The zero-order valence-electron chi connectivity index (χ0n) is 14.9. The predicted octanol–water partition coefficient (Wildman–Crippen LogP) is 4.50. The first-order valence-electron chi connectivity index (χ1n) is 8.08. The molecule has 0 fully saturated rings. The van der Waals surface area contributed by atoms with Crippen LogP contribution in [0, 0.1) is 18.3 Å². The van der Waals surface area contributed by atoms with Gasteiger partial charge in [-0.05, 0) is 46.8 Å². The van der Waals surface area contributed by atoms with Crippen molar-refractivity contribution >= 4 is 0 Å². The van der Waals surface area contributed by atoms with Gasteiger partial charge in [0.25, 0.3) is 0 Å². The van der Waals surface area contributed by atoms with Crippen molar-refractivity contribution in [3.8, 4) is 0 Å². The van der Waals surface area contributed by atoms with E-state index in [9.17, 15) is 10.2 Å². The molecule has 1 atom stereocenters. The summed E-state index contributed by atoms with van der Waals surface area (Å²) in [4.78, 5) is 0. The lowest BCUT2D eigenvalue weighted by atomic mass is 9.55. The minimum absolute atomic E-state index is 0.0477. The average Bonchev–Trinajstić information content (AvgIpc) is 2.37. The number of hydrogen-bond donors (Lipinski definition) is 2. The van der Waals surface area contributed by atoms with Gasteiger partial charge in [-0.15, -0.1) is 0 Å². The maximum absolute atomic E-state index is 9.50. The summed E-state index contributed by atoms with van der Waals surface area (Å²) in [7, 11) is 0. The van der Waals surface area contributed by atoms with E-state index in [0.29, 0.717) is 11.5 Å². The highest BCUT2D eigenvalue weighted by Gasteiger charge is 2.45. The summed E-state index contributed by atoms with van der Waals surface area (Å²) < 4.78 is 0. The molecule has 1 unspecified atom stereocenters. The molecule has 0 bridgehead atoms. The topological polar surface area (TPSA) is 40.5 Å². The molecule has 0 saturated heterocycles. The number of fused-ring (bicyclic) bond motifs is 1.